The first-order valence-electron chi connectivity index (χ1n) is 7.31. The maximum Gasteiger partial charge on any atom is 0.312 e. The normalized spacial score (nSPS) is 14.1. The number of carbonyl (C=O) groups is 3. The van der Waals surface area contributed by atoms with Gasteiger partial charge in [-0.25, -0.2) is 4.79 Å². The highest BCUT2D eigenvalue weighted by molar-refractivity contribution is 5.87. The Balaban J connectivity index is 4.90. The van der Waals surface area contributed by atoms with Gasteiger partial charge in [0, 0.05) is 6.54 Å². The number of aliphatic carboxylic acids is 1. The predicted molar refractivity (Wildman–Crippen MR) is 79.6 cm³/mol. The van der Waals surface area contributed by atoms with E-state index in [1.54, 1.807) is 13.8 Å². The lowest BCUT2D eigenvalue weighted by Crippen LogP contribution is -2.54. The van der Waals surface area contributed by atoms with Gasteiger partial charge in [-0.15, -0.1) is 0 Å². The number of rotatable bonds is 9. The number of hydrogen-bond donors (Lipinski definition) is 4. The van der Waals surface area contributed by atoms with Crippen molar-refractivity contribution in [2.75, 3.05) is 6.54 Å². The van der Waals surface area contributed by atoms with E-state index in [4.69, 9.17) is 5.73 Å². The van der Waals surface area contributed by atoms with Gasteiger partial charge in [-0.3, -0.25) is 9.59 Å². The van der Waals surface area contributed by atoms with E-state index in [2.05, 4.69) is 10.6 Å². The van der Waals surface area contributed by atoms with E-state index in [1.807, 2.05) is 13.8 Å². The van der Waals surface area contributed by atoms with Crippen molar-refractivity contribution in [1.82, 2.24) is 10.6 Å². The highest BCUT2D eigenvalue weighted by Crippen LogP contribution is 2.25. The average Bonchev–Trinajstić information content (AvgIpc) is 2.44. The van der Waals surface area contributed by atoms with Gasteiger partial charge in [0.1, 0.15) is 6.04 Å². The number of amides is 3. The maximum absolute atomic E-state index is 12.2. The molecule has 0 saturated carbocycles. The van der Waals surface area contributed by atoms with Crippen LogP contribution in [0, 0.1) is 11.3 Å². The average molecular weight is 301 g/mol. The molecular weight excluding hydrogens is 274 g/mol. The molecule has 0 aliphatic heterocycles. The van der Waals surface area contributed by atoms with Crippen molar-refractivity contribution in [3.63, 3.8) is 0 Å². The molecule has 0 aromatic rings. The molecule has 7 heteroatoms. The smallest absolute Gasteiger partial charge is 0.312 e. The van der Waals surface area contributed by atoms with Crippen LogP contribution in [0.1, 0.15) is 47.0 Å². The number of carboxylic acid groups (broad SMARTS) is 1. The Labute approximate surface area is 125 Å². The molecule has 0 aliphatic rings. The summed E-state index contributed by atoms with van der Waals surface area (Å²) in [7, 11) is 0. The van der Waals surface area contributed by atoms with E-state index in [1.165, 1.54) is 0 Å². The van der Waals surface area contributed by atoms with Crippen LogP contribution in [0.4, 0.5) is 4.79 Å². The molecule has 0 aliphatic carbocycles. The van der Waals surface area contributed by atoms with Crippen LogP contribution in [0.15, 0.2) is 0 Å². The van der Waals surface area contributed by atoms with Gasteiger partial charge >= 0.3 is 12.0 Å². The molecule has 0 fully saturated rings. The van der Waals surface area contributed by atoms with Crippen molar-refractivity contribution in [2.45, 2.75) is 53.0 Å². The van der Waals surface area contributed by atoms with Gasteiger partial charge in [-0.05, 0) is 18.8 Å². The summed E-state index contributed by atoms with van der Waals surface area (Å²) in [5, 5.41) is 14.4. The first-order valence-corrected chi connectivity index (χ1v) is 7.31. The number of primary amides is 1. The number of hydrogen-bond acceptors (Lipinski definition) is 3. The molecule has 0 aromatic carbocycles. The fourth-order valence-electron chi connectivity index (χ4n) is 2.10. The van der Waals surface area contributed by atoms with E-state index < -0.39 is 29.4 Å². The minimum absolute atomic E-state index is 0.0293. The Hall–Kier alpha value is -1.79. The number of nitrogens with two attached hydrogens (primary N) is 1. The molecule has 2 atom stereocenters. The third-order valence-electron chi connectivity index (χ3n) is 4.20. The van der Waals surface area contributed by atoms with Crippen LogP contribution in [-0.2, 0) is 9.59 Å². The monoisotopic (exact) mass is 301 g/mol. The zero-order valence-electron chi connectivity index (χ0n) is 13.2. The summed E-state index contributed by atoms with van der Waals surface area (Å²) in [5.74, 6) is -1.44. The van der Waals surface area contributed by atoms with Crippen molar-refractivity contribution in [3.8, 4) is 0 Å². The van der Waals surface area contributed by atoms with Gasteiger partial charge in [0.25, 0.3) is 0 Å². The second kappa shape index (κ2) is 8.49. The molecule has 0 heterocycles. The van der Waals surface area contributed by atoms with E-state index in [9.17, 15) is 19.5 Å². The van der Waals surface area contributed by atoms with Crippen LogP contribution in [0.2, 0.25) is 0 Å². The summed E-state index contributed by atoms with van der Waals surface area (Å²) >= 11 is 0. The lowest BCUT2D eigenvalue weighted by Gasteiger charge is -2.29. The summed E-state index contributed by atoms with van der Waals surface area (Å²) < 4.78 is 0. The SMILES string of the molecule is CCC(C)C(NC(N)=O)C(=O)NCC(CC)(CC)C(=O)O. The highest BCUT2D eigenvalue weighted by Gasteiger charge is 2.36. The molecule has 5 N–H and O–H groups in total. The number of urea groups is 1. The van der Waals surface area contributed by atoms with Crippen LogP contribution in [-0.4, -0.2) is 35.6 Å². The van der Waals surface area contributed by atoms with E-state index in [0.717, 1.165) is 0 Å². The van der Waals surface area contributed by atoms with E-state index in [-0.39, 0.29) is 12.5 Å². The van der Waals surface area contributed by atoms with Gasteiger partial charge in [-0.1, -0.05) is 34.1 Å². The van der Waals surface area contributed by atoms with Gasteiger partial charge in [0.05, 0.1) is 5.41 Å². The summed E-state index contributed by atoms with van der Waals surface area (Å²) in [6, 6.07) is -1.53. The Bertz CT molecular complexity index is 380. The Morgan fingerprint density at radius 2 is 1.71 bits per heavy atom. The zero-order valence-corrected chi connectivity index (χ0v) is 13.2. The van der Waals surface area contributed by atoms with Crippen LogP contribution < -0.4 is 16.4 Å². The van der Waals surface area contributed by atoms with Crippen LogP contribution in [0.5, 0.6) is 0 Å². The number of carbonyl (C=O) groups excluding carboxylic acids is 2. The van der Waals surface area contributed by atoms with Crippen LogP contribution >= 0.6 is 0 Å². The largest absolute Gasteiger partial charge is 0.481 e. The topological polar surface area (TPSA) is 122 Å². The van der Waals surface area contributed by atoms with Crippen molar-refractivity contribution in [1.29, 1.82) is 0 Å². The Morgan fingerprint density at radius 3 is 2.05 bits per heavy atom. The minimum Gasteiger partial charge on any atom is -0.481 e. The summed E-state index contributed by atoms with van der Waals surface area (Å²) in [4.78, 5) is 34.6. The second-order valence-electron chi connectivity index (χ2n) is 5.38. The van der Waals surface area contributed by atoms with Crippen molar-refractivity contribution in [2.24, 2.45) is 17.1 Å². The van der Waals surface area contributed by atoms with Gasteiger partial charge in [0.2, 0.25) is 5.91 Å². The van der Waals surface area contributed by atoms with Gasteiger partial charge < -0.3 is 21.5 Å². The summed E-state index contributed by atoms with van der Waals surface area (Å²) in [5.41, 5.74) is 4.10. The second-order valence-corrected chi connectivity index (χ2v) is 5.38. The molecule has 21 heavy (non-hydrogen) atoms. The summed E-state index contributed by atoms with van der Waals surface area (Å²) in [6.07, 6.45) is 1.51. The Kier molecular flexibility index (Phi) is 7.76. The van der Waals surface area contributed by atoms with E-state index in [0.29, 0.717) is 19.3 Å². The van der Waals surface area contributed by atoms with E-state index >= 15 is 0 Å². The first-order chi connectivity index (χ1) is 9.73. The molecular formula is C14H27N3O4. The molecule has 3 amide bonds. The third-order valence-corrected chi connectivity index (χ3v) is 4.20. The predicted octanol–water partition coefficient (Wildman–Crippen LogP) is 1.08. The fraction of sp³-hybridized carbons (Fsp3) is 0.786. The Morgan fingerprint density at radius 1 is 1.19 bits per heavy atom. The van der Waals surface area contributed by atoms with Crippen LogP contribution in [0.25, 0.3) is 0 Å². The number of carboxylic acids is 1. The van der Waals surface area contributed by atoms with Crippen LogP contribution in [0.3, 0.4) is 0 Å². The molecule has 0 rings (SSSR count). The van der Waals surface area contributed by atoms with Gasteiger partial charge in [-0.2, -0.15) is 0 Å². The summed E-state index contributed by atoms with van der Waals surface area (Å²) in [6.45, 7) is 7.30. The quantitative estimate of drug-likeness (QED) is 0.509. The third kappa shape index (κ3) is 5.24. The minimum atomic E-state index is -0.984. The molecule has 2 unspecified atom stereocenters. The van der Waals surface area contributed by atoms with Crippen molar-refractivity contribution in [3.05, 3.63) is 0 Å². The molecule has 0 aromatic heterocycles. The van der Waals surface area contributed by atoms with Gasteiger partial charge in [0.15, 0.2) is 0 Å². The molecule has 0 bridgehead atoms. The van der Waals surface area contributed by atoms with Crippen molar-refractivity contribution >= 4 is 17.9 Å². The maximum atomic E-state index is 12.2. The lowest BCUT2D eigenvalue weighted by molar-refractivity contribution is -0.149. The first kappa shape index (κ1) is 19.2. The molecule has 0 radical (unpaired) electrons. The lowest BCUT2D eigenvalue weighted by atomic mass is 9.82. The van der Waals surface area contributed by atoms with Crippen molar-refractivity contribution < 1.29 is 19.5 Å². The number of nitrogens with one attached hydrogen (secondary N) is 2. The zero-order chi connectivity index (χ0) is 16.6. The standard InChI is InChI=1S/C14H27N3O4/c1-5-9(4)10(17-13(15)21)11(18)16-8-14(6-2,7-3)12(19)20/h9-10H,5-8H2,1-4H3,(H,16,18)(H,19,20)(H3,15,17,21). The molecule has 0 saturated heterocycles. The molecule has 122 valence electrons. The molecule has 7 nitrogen and oxygen atoms in total. The highest BCUT2D eigenvalue weighted by atomic mass is 16.4. The fourth-order valence-corrected chi connectivity index (χ4v) is 2.10. The molecule has 0 spiro atoms.